The Morgan fingerprint density at radius 3 is 1.87 bits per heavy atom. The van der Waals surface area contributed by atoms with Gasteiger partial charge in [0.15, 0.2) is 0 Å². The standard InChI is InChI=1S/C28H45N.H2O/c1-4-7-8-9-10-11-12-13-14-15-16-21-27(29)28-25(6-3)23(5-2)22-24-19-17-18-20-26(24)28;/h17-20,22,27H,4-16,21,29H2,1-3H3;1H2. The van der Waals surface area contributed by atoms with Crippen LogP contribution in [-0.2, 0) is 12.8 Å². The van der Waals surface area contributed by atoms with Crippen molar-refractivity contribution in [1.82, 2.24) is 0 Å². The van der Waals surface area contributed by atoms with Crippen molar-refractivity contribution in [2.45, 2.75) is 117 Å². The van der Waals surface area contributed by atoms with Crippen molar-refractivity contribution >= 4 is 10.8 Å². The SMILES string of the molecule is CCCCCCCCCCCCCC(N)c1c(CC)c(CC)cc2ccccc12.O. The van der Waals surface area contributed by atoms with E-state index in [1.54, 1.807) is 0 Å². The first-order valence-electron chi connectivity index (χ1n) is 12.5. The fourth-order valence-corrected chi connectivity index (χ4v) is 4.81. The molecule has 0 aliphatic heterocycles. The maximum atomic E-state index is 6.78. The Labute approximate surface area is 186 Å². The lowest BCUT2D eigenvalue weighted by Crippen LogP contribution is -2.14. The van der Waals surface area contributed by atoms with Crippen molar-refractivity contribution in [2.75, 3.05) is 0 Å². The molecule has 0 heterocycles. The van der Waals surface area contributed by atoms with E-state index in [0.29, 0.717) is 0 Å². The van der Waals surface area contributed by atoms with Gasteiger partial charge in [-0.15, -0.1) is 0 Å². The Hall–Kier alpha value is -1.38. The molecule has 2 nitrogen and oxygen atoms in total. The molecule has 0 saturated carbocycles. The van der Waals surface area contributed by atoms with E-state index >= 15 is 0 Å². The van der Waals surface area contributed by atoms with E-state index in [2.05, 4.69) is 51.1 Å². The predicted molar refractivity (Wildman–Crippen MR) is 134 cm³/mol. The maximum Gasteiger partial charge on any atom is 0.0303 e. The molecular formula is C28H47NO. The lowest BCUT2D eigenvalue weighted by atomic mass is 9.86. The Morgan fingerprint density at radius 2 is 1.30 bits per heavy atom. The minimum absolute atomic E-state index is 0. The van der Waals surface area contributed by atoms with Gasteiger partial charge in [-0.25, -0.2) is 0 Å². The van der Waals surface area contributed by atoms with E-state index in [1.165, 1.54) is 98.1 Å². The first-order chi connectivity index (χ1) is 14.2. The van der Waals surface area contributed by atoms with Crippen molar-refractivity contribution in [3.05, 3.63) is 47.0 Å². The van der Waals surface area contributed by atoms with E-state index in [1.807, 2.05) is 0 Å². The number of rotatable bonds is 15. The summed E-state index contributed by atoms with van der Waals surface area (Å²) in [6.45, 7) is 6.84. The molecule has 30 heavy (non-hydrogen) atoms. The largest absolute Gasteiger partial charge is 0.412 e. The van der Waals surface area contributed by atoms with Crippen molar-refractivity contribution in [1.29, 1.82) is 0 Å². The van der Waals surface area contributed by atoms with Gasteiger partial charge in [-0.3, -0.25) is 0 Å². The lowest BCUT2D eigenvalue weighted by molar-refractivity contribution is 0.526. The zero-order valence-corrected chi connectivity index (χ0v) is 19.9. The molecule has 0 radical (unpaired) electrons. The number of unbranched alkanes of at least 4 members (excludes halogenated alkanes) is 10. The van der Waals surface area contributed by atoms with E-state index in [-0.39, 0.29) is 11.5 Å². The minimum Gasteiger partial charge on any atom is -0.412 e. The van der Waals surface area contributed by atoms with Crippen molar-refractivity contribution in [2.24, 2.45) is 5.73 Å². The Morgan fingerprint density at radius 1 is 0.733 bits per heavy atom. The average Bonchev–Trinajstić information content (AvgIpc) is 2.75. The van der Waals surface area contributed by atoms with Crippen LogP contribution in [0.1, 0.15) is 121 Å². The highest BCUT2D eigenvalue weighted by molar-refractivity contribution is 5.88. The van der Waals surface area contributed by atoms with Gasteiger partial charge < -0.3 is 11.2 Å². The Bertz CT molecular complexity index is 709. The van der Waals surface area contributed by atoms with Crippen LogP contribution in [-0.4, -0.2) is 5.48 Å². The van der Waals surface area contributed by atoms with Gasteiger partial charge in [0.1, 0.15) is 0 Å². The summed E-state index contributed by atoms with van der Waals surface area (Å²) in [5.74, 6) is 0. The minimum atomic E-state index is 0. The number of hydrogen-bond acceptors (Lipinski definition) is 1. The van der Waals surface area contributed by atoms with Gasteiger partial charge in [-0.05, 0) is 46.7 Å². The summed E-state index contributed by atoms with van der Waals surface area (Å²) in [6.07, 6.45) is 18.6. The molecule has 0 spiro atoms. The number of fused-ring (bicyclic) bond motifs is 1. The topological polar surface area (TPSA) is 57.5 Å². The molecule has 2 aromatic rings. The number of aryl methyl sites for hydroxylation is 1. The van der Waals surface area contributed by atoms with Crippen LogP contribution in [0.15, 0.2) is 30.3 Å². The van der Waals surface area contributed by atoms with Crippen LogP contribution in [0.2, 0.25) is 0 Å². The van der Waals surface area contributed by atoms with Gasteiger partial charge in [-0.1, -0.05) is 122 Å². The van der Waals surface area contributed by atoms with Gasteiger partial charge in [0.25, 0.3) is 0 Å². The van der Waals surface area contributed by atoms with Gasteiger partial charge in [0, 0.05) is 6.04 Å². The first-order valence-corrected chi connectivity index (χ1v) is 12.5. The normalized spacial score (nSPS) is 12.1. The molecule has 170 valence electrons. The molecular weight excluding hydrogens is 366 g/mol. The third kappa shape index (κ3) is 8.04. The molecule has 1 atom stereocenters. The maximum absolute atomic E-state index is 6.78. The fourth-order valence-electron chi connectivity index (χ4n) is 4.81. The van der Waals surface area contributed by atoms with Crippen LogP contribution < -0.4 is 5.73 Å². The van der Waals surface area contributed by atoms with Crippen LogP contribution in [0.4, 0.5) is 0 Å². The number of nitrogens with two attached hydrogens (primary N) is 1. The van der Waals surface area contributed by atoms with Gasteiger partial charge in [-0.2, -0.15) is 0 Å². The van der Waals surface area contributed by atoms with Crippen molar-refractivity contribution in [3.8, 4) is 0 Å². The third-order valence-electron chi connectivity index (χ3n) is 6.52. The predicted octanol–water partition coefficient (Wildman–Crippen LogP) is 7.84. The summed E-state index contributed by atoms with van der Waals surface area (Å²) >= 11 is 0. The molecule has 0 aromatic heterocycles. The number of hydrogen-bond donors (Lipinski definition) is 1. The second-order valence-corrected chi connectivity index (χ2v) is 8.79. The molecule has 4 N–H and O–H groups in total. The second-order valence-electron chi connectivity index (χ2n) is 8.79. The van der Waals surface area contributed by atoms with E-state index in [9.17, 15) is 0 Å². The molecule has 0 aliphatic rings. The van der Waals surface area contributed by atoms with E-state index in [4.69, 9.17) is 5.73 Å². The van der Waals surface area contributed by atoms with Gasteiger partial charge >= 0.3 is 0 Å². The number of benzene rings is 2. The van der Waals surface area contributed by atoms with Crippen LogP contribution in [0.25, 0.3) is 10.8 Å². The summed E-state index contributed by atoms with van der Waals surface area (Å²) in [6, 6.07) is 11.4. The van der Waals surface area contributed by atoms with Gasteiger partial charge in [0.05, 0.1) is 0 Å². The second kappa shape index (κ2) is 15.4. The molecule has 0 amide bonds. The summed E-state index contributed by atoms with van der Waals surface area (Å²) in [5, 5.41) is 2.73. The quantitative estimate of drug-likeness (QED) is 0.297. The van der Waals surface area contributed by atoms with E-state index < -0.39 is 0 Å². The molecule has 0 bridgehead atoms. The summed E-state index contributed by atoms with van der Waals surface area (Å²) < 4.78 is 0. The summed E-state index contributed by atoms with van der Waals surface area (Å²) in [7, 11) is 0. The highest BCUT2D eigenvalue weighted by Gasteiger charge is 2.16. The highest BCUT2D eigenvalue weighted by Crippen LogP contribution is 2.33. The van der Waals surface area contributed by atoms with Crippen LogP contribution in [0, 0.1) is 0 Å². The third-order valence-corrected chi connectivity index (χ3v) is 6.52. The zero-order chi connectivity index (χ0) is 20.9. The highest BCUT2D eigenvalue weighted by atomic mass is 16.0. The fraction of sp³-hybridized carbons (Fsp3) is 0.643. The molecule has 0 fully saturated rings. The molecule has 2 aromatic carbocycles. The molecule has 2 heteroatoms. The first kappa shape index (κ1) is 26.7. The zero-order valence-electron chi connectivity index (χ0n) is 19.9. The van der Waals surface area contributed by atoms with Crippen LogP contribution >= 0.6 is 0 Å². The molecule has 0 saturated heterocycles. The smallest absolute Gasteiger partial charge is 0.0303 e. The molecule has 0 aliphatic carbocycles. The lowest BCUT2D eigenvalue weighted by Gasteiger charge is -2.22. The monoisotopic (exact) mass is 413 g/mol. The van der Waals surface area contributed by atoms with Gasteiger partial charge in [0.2, 0.25) is 0 Å². The van der Waals surface area contributed by atoms with Crippen molar-refractivity contribution < 1.29 is 5.48 Å². The van der Waals surface area contributed by atoms with Crippen LogP contribution in [0.3, 0.4) is 0 Å². The Balaban J connectivity index is 0.00000450. The molecule has 2 rings (SSSR count). The Kier molecular flexibility index (Phi) is 13.7. The summed E-state index contributed by atoms with van der Waals surface area (Å²) in [4.78, 5) is 0. The van der Waals surface area contributed by atoms with Crippen LogP contribution in [0.5, 0.6) is 0 Å². The van der Waals surface area contributed by atoms with Crippen molar-refractivity contribution in [3.63, 3.8) is 0 Å². The summed E-state index contributed by atoms with van der Waals surface area (Å²) in [5.41, 5.74) is 11.2. The average molecular weight is 414 g/mol. The molecule has 1 unspecified atom stereocenters. The van der Waals surface area contributed by atoms with E-state index in [0.717, 1.165) is 19.3 Å².